The van der Waals surface area contributed by atoms with Gasteiger partial charge >= 0.3 is 5.97 Å². The van der Waals surface area contributed by atoms with Gasteiger partial charge in [0.05, 0.1) is 12.0 Å². The highest BCUT2D eigenvalue weighted by atomic mass is 16.5. The average Bonchev–Trinajstić information content (AvgIpc) is 2.73. The molecule has 0 bridgehead atoms. The highest BCUT2D eigenvalue weighted by Gasteiger charge is 2.59. The van der Waals surface area contributed by atoms with Gasteiger partial charge in [0.15, 0.2) is 0 Å². The number of hydrogen-bond donors (Lipinski definition) is 0. The SMILES string of the molecule is Cc1cccc(OC(=O)[C@H]2C3CCO[C@@H]32)c1. The topological polar surface area (TPSA) is 35.5 Å². The van der Waals surface area contributed by atoms with E-state index in [1.807, 2.05) is 31.2 Å². The number of rotatable bonds is 2. The van der Waals surface area contributed by atoms with Crippen LogP contribution in [0.15, 0.2) is 24.3 Å². The first-order valence-electron chi connectivity index (χ1n) is 5.66. The maximum atomic E-state index is 11.8. The van der Waals surface area contributed by atoms with Crippen LogP contribution in [0.2, 0.25) is 0 Å². The van der Waals surface area contributed by atoms with Crippen molar-refractivity contribution in [2.24, 2.45) is 11.8 Å². The van der Waals surface area contributed by atoms with E-state index < -0.39 is 0 Å². The maximum absolute atomic E-state index is 11.8. The van der Waals surface area contributed by atoms with Gasteiger partial charge in [-0.05, 0) is 31.0 Å². The molecule has 0 spiro atoms. The van der Waals surface area contributed by atoms with Crippen LogP contribution in [0.1, 0.15) is 12.0 Å². The minimum absolute atomic E-state index is 0.0192. The number of aryl methyl sites for hydroxylation is 1. The molecule has 3 rings (SSSR count). The van der Waals surface area contributed by atoms with Crippen LogP contribution in [0.4, 0.5) is 0 Å². The van der Waals surface area contributed by atoms with Gasteiger partial charge in [0, 0.05) is 12.5 Å². The number of esters is 1. The second-order valence-electron chi connectivity index (χ2n) is 4.55. The minimum atomic E-state index is -0.139. The van der Waals surface area contributed by atoms with Crippen molar-refractivity contribution in [1.29, 1.82) is 0 Å². The van der Waals surface area contributed by atoms with E-state index >= 15 is 0 Å². The molecule has 1 saturated heterocycles. The van der Waals surface area contributed by atoms with Gasteiger partial charge in [-0.1, -0.05) is 12.1 Å². The van der Waals surface area contributed by atoms with E-state index in [0.29, 0.717) is 11.7 Å². The molecule has 2 aliphatic rings. The maximum Gasteiger partial charge on any atom is 0.317 e. The monoisotopic (exact) mass is 218 g/mol. The van der Waals surface area contributed by atoms with Crippen LogP contribution in [0.25, 0.3) is 0 Å². The Morgan fingerprint density at radius 3 is 3.06 bits per heavy atom. The van der Waals surface area contributed by atoms with E-state index in [1.54, 1.807) is 0 Å². The first-order chi connectivity index (χ1) is 7.75. The Morgan fingerprint density at radius 2 is 2.38 bits per heavy atom. The van der Waals surface area contributed by atoms with Crippen molar-refractivity contribution in [3.63, 3.8) is 0 Å². The molecular formula is C13H14O3. The smallest absolute Gasteiger partial charge is 0.317 e. The van der Waals surface area contributed by atoms with Crippen LogP contribution in [-0.2, 0) is 9.53 Å². The van der Waals surface area contributed by atoms with Crippen molar-refractivity contribution in [3.05, 3.63) is 29.8 Å². The van der Waals surface area contributed by atoms with Crippen LogP contribution in [-0.4, -0.2) is 18.7 Å². The standard InChI is InChI=1S/C13H14O3/c1-8-3-2-4-9(7-8)16-13(14)11-10-5-6-15-12(10)11/h2-4,7,10-12H,5-6H2,1H3/t10?,11-,12-/m0/s1. The summed E-state index contributed by atoms with van der Waals surface area (Å²) in [5.74, 6) is 0.891. The van der Waals surface area contributed by atoms with Crippen LogP contribution >= 0.6 is 0 Å². The van der Waals surface area contributed by atoms with Crippen molar-refractivity contribution in [1.82, 2.24) is 0 Å². The van der Waals surface area contributed by atoms with Crippen LogP contribution in [0.5, 0.6) is 5.75 Å². The van der Waals surface area contributed by atoms with Gasteiger partial charge in [0.2, 0.25) is 0 Å². The fourth-order valence-corrected chi connectivity index (χ4v) is 2.43. The summed E-state index contributed by atoms with van der Waals surface area (Å²) in [6, 6.07) is 7.55. The molecule has 1 saturated carbocycles. The third-order valence-corrected chi connectivity index (χ3v) is 3.34. The predicted octanol–water partition coefficient (Wildman–Crippen LogP) is 1.94. The lowest BCUT2D eigenvalue weighted by molar-refractivity contribution is -0.137. The summed E-state index contributed by atoms with van der Waals surface area (Å²) in [5, 5.41) is 0. The number of ether oxygens (including phenoxy) is 2. The summed E-state index contributed by atoms with van der Waals surface area (Å²) in [5.41, 5.74) is 1.09. The summed E-state index contributed by atoms with van der Waals surface area (Å²) in [4.78, 5) is 11.8. The fourth-order valence-electron chi connectivity index (χ4n) is 2.43. The highest BCUT2D eigenvalue weighted by molar-refractivity contribution is 5.79. The minimum Gasteiger partial charge on any atom is -0.426 e. The largest absolute Gasteiger partial charge is 0.426 e. The molecule has 3 atom stereocenters. The Bertz CT molecular complexity index is 417. The second kappa shape index (κ2) is 3.59. The van der Waals surface area contributed by atoms with Crippen molar-refractivity contribution in [2.45, 2.75) is 19.4 Å². The lowest BCUT2D eigenvalue weighted by Crippen LogP contribution is -2.15. The van der Waals surface area contributed by atoms with Gasteiger partial charge in [-0.3, -0.25) is 4.79 Å². The van der Waals surface area contributed by atoms with E-state index in [2.05, 4.69) is 0 Å². The van der Waals surface area contributed by atoms with E-state index in [4.69, 9.17) is 9.47 Å². The molecule has 1 aromatic rings. The van der Waals surface area contributed by atoms with Gasteiger partial charge in [-0.15, -0.1) is 0 Å². The van der Waals surface area contributed by atoms with Crippen LogP contribution in [0.3, 0.4) is 0 Å². The lowest BCUT2D eigenvalue weighted by atomic mass is 10.2. The van der Waals surface area contributed by atoms with E-state index in [1.165, 1.54) is 0 Å². The third kappa shape index (κ3) is 1.61. The van der Waals surface area contributed by atoms with E-state index in [-0.39, 0.29) is 18.0 Å². The number of carbonyl (C=O) groups excluding carboxylic acids is 1. The summed E-state index contributed by atoms with van der Waals surface area (Å²) in [7, 11) is 0. The fraction of sp³-hybridized carbons (Fsp3) is 0.462. The molecular weight excluding hydrogens is 204 g/mol. The first-order valence-corrected chi connectivity index (χ1v) is 5.66. The molecule has 1 heterocycles. The number of benzene rings is 1. The summed E-state index contributed by atoms with van der Waals surface area (Å²) >= 11 is 0. The molecule has 0 radical (unpaired) electrons. The molecule has 3 heteroatoms. The van der Waals surface area contributed by atoms with Gasteiger partial charge < -0.3 is 9.47 Å². The van der Waals surface area contributed by atoms with Gasteiger partial charge in [0.25, 0.3) is 0 Å². The van der Waals surface area contributed by atoms with Crippen molar-refractivity contribution in [2.75, 3.05) is 6.61 Å². The molecule has 0 aromatic heterocycles. The molecule has 1 unspecified atom stereocenters. The molecule has 84 valence electrons. The third-order valence-electron chi connectivity index (χ3n) is 3.34. The zero-order chi connectivity index (χ0) is 11.1. The van der Waals surface area contributed by atoms with Gasteiger partial charge in [0.1, 0.15) is 5.75 Å². The molecule has 2 fully saturated rings. The van der Waals surface area contributed by atoms with Crippen molar-refractivity contribution >= 4 is 5.97 Å². The van der Waals surface area contributed by atoms with Crippen molar-refractivity contribution < 1.29 is 14.3 Å². The average molecular weight is 218 g/mol. The zero-order valence-electron chi connectivity index (χ0n) is 9.18. The molecule has 1 aliphatic heterocycles. The normalized spacial score (nSPS) is 30.9. The quantitative estimate of drug-likeness (QED) is 0.562. The van der Waals surface area contributed by atoms with Gasteiger partial charge in [-0.25, -0.2) is 0 Å². The Morgan fingerprint density at radius 1 is 1.50 bits per heavy atom. The summed E-state index contributed by atoms with van der Waals surface area (Å²) in [6.45, 7) is 2.77. The molecule has 1 aromatic carbocycles. The summed E-state index contributed by atoms with van der Waals surface area (Å²) in [6.07, 6.45) is 1.13. The summed E-state index contributed by atoms with van der Waals surface area (Å²) < 4.78 is 10.8. The molecule has 3 nitrogen and oxygen atoms in total. The van der Waals surface area contributed by atoms with Gasteiger partial charge in [-0.2, -0.15) is 0 Å². The number of hydrogen-bond acceptors (Lipinski definition) is 3. The van der Waals surface area contributed by atoms with E-state index in [0.717, 1.165) is 18.6 Å². The number of carbonyl (C=O) groups is 1. The Hall–Kier alpha value is -1.35. The van der Waals surface area contributed by atoms with Crippen LogP contribution < -0.4 is 4.74 Å². The Kier molecular flexibility index (Phi) is 2.21. The Labute approximate surface area is 94.4 Å². The zero-order valence-corrected chi connectivity index (χ0v) is 9.18. The molecule has 16 heavy (non-hydrogen) atoms. The van der Waals surface area contributed by atoms with Crippen molar-refractivity contribution in [3.8, 4) is 5.75 Å². The number of fused-ring (bicyclic) bond motifs is 1. The molecule has 0 amide bonds. The Balaban J connectivity index is 1.65. The predicted molar refractivity (Wildman–Crippen MR) is 58.2 cm³/mol. The van der Waals surface area contributed by atoms with Crippen LogP contribution in [0, 0.1) is 18.8 Å². The molecule has 1 aliphatic carbocycles. The lowest BCUT2D eigenvalue weighted by Gasteiger charge is -2.06. The van der Waals surface area contributed by atoms with E-state index in [9.17, 15) is 4.79 Å². The highest BCUT2D eigenvalue weighted by Crippen LogP contribution is 2.49. The first kappa shape index (κ1) is 9.85. The second-order valence-corrected chi connectivity index (χ2v) is 4.55. The molecule has 0 N–H and O–H groups in total.